The van der Waals surface area contributed by atoms with Crippen LogP contribution < -0.4 is 5.32 Å². The first-order valence-corrected chi connectivity index (χ1v) is 6.30. The fourth-order valence-corrected chi connectivity index (χ4v) is 1.71. The van der Waals surface area contributed by atoms with Crippen molar-refractivity contribution in [3.8, 4) is 0 Å². The van der Waals surface area contributed by atoms with Crippen molar-refractivity contribution in [2.45, 2.75) is 6.54 Å². The van der Waals surface area contributed by atoms with E-state index in [1.807, 2.05) is 0 Å². The van der Waals surface area contributed by atoms with Gasteiger partial charge in [-0.15, -0.1) is 5.10 Å². The number of morpholine rings is 1. The number of anilines is 1. The number of aromatic nitrogens is 3. The molecule has 0 radical (unpaired) electrons. The van der Waals surface area contributed by atoms with Crippen molar-refractivity contribution in [2.75, 3.05) is 45.7 Å². The van der Waals surface area contributed by atoms with E-state index in [0.717, 1.165) is 0 Å². The summed E-state index contributed by atoms with van der Waals surface area (Å²) in [5.41, 5.74) is 0. The third kappa shape index (κ3) is 3.67. The maximum atomic E-state index is 12.0. The van der Waals surface area contributed by atoms with Crippen LogP contribution in [0.4, 0.5) is 10.6 Å². The molecule has 1 aliphatic rings. The van der Waals surface area contributed by atoms with Crippen LogP contribution in [0, 0.1) is 0 Å². The highest BCUT2D eigenvalue weighted by atomic mass is 16.5. The minimum absolute atomic E-state index is 0.0383. The molecule has 1 N–H and O–H groups in total. The Labute approximate surface area is 116 Å². The summed E-state index contributed by atoms with van der Waals surface area (Å²) >= 11 is 0. The van der Waals surface area contributed by atoms with Gasteiger partial charge in [0.1, 0.15) is 6.54 Å². The number of ether oxygens (including phenoxy) is 1. The van der Waals surface area contributed by atoms with Gasteiger partial charge in [0.25, 0.3) is 0 Å². The second kappa shape index (κ2) is 6.33. The average Bonchev–Trinajstić information content (AvgIpc) is 2.86. The van der Waals surface area contributed by atoms with Gasteiger partial charge in [0.15, 0.2) is 5.82 Å². The fraction of sp³-hybridized carbons (Fsp3) is 0.636. The summed E-state index contributed by atoms with van der Waals surface area (Å²) in [7, 11) is 3.25. The first kappa shape index (κ1) is 14.3. The first-order valence-electron chi connectivity index (χ1n) is 6.30. The van der Waals surface area contributed by atoms with Crippen LogP contribution in [0.5, 0.6) is 0 Å². The molecule has 110 valence electrons. The monoisotopic (exact) mass is 282 g/mol. The van der Waals surface area contributed by atoms with Crippen molar-refractivity contribution >= 4 is 17.8 Å². The molecule has 0 atom stereocenters. The lowest BCUT2D eigenvalue weighted by Crippen LogP contribution is -2.42. The lowest BCUT2D eigenvalue weighted by atomic mass is 10.4. The van der Waals surface area contributed by atoms with Crippen molar-refractivity contribution in [1.29, 1.82) is 0 Å². The third-order valence-corrected chi connectivity index (χ3v) is 2.84. The Balaban J connectivity index is 1.88. The number of nitrogens with one attached hydrogen (secondary N) is 1. The highest BCUT2D eigenvalue weighted by Crippen LogP contribution is 2.03. The van der Waals surface area contributed by atoms with Gasteiger partial charge in [-0.05, 0) is 0 Å². The van der Waals surface area contributed by atoms with Gasteiger partial charge in [-0.25, -0.2) is 9.48 Å². The van der Waals surface area contributed by atoms with Crippen molar-refractivity contribution in [3.05, 3.63) is 6.20 Å². The van der Waals surface area contributed by atoms with Gasteiger partial charge in [-0.2, -0.15) is 0 Å². The van der Waals surface area contributed by atoms with E-state index in [0.29, 0.717) is 32.1 Å². The van der Waals surface area contributed by atoms with E-state index >= 15 is 0 Å². The number of carbonyl (C=O) groups excluding carboxylic acids is 2. The highest BCUT2D eigenvalue weighted by molar-refractivity contribution is 5.87. The smallest absolute Gasteiger partial charge is 0.322 e. The molecule has 0 aromatic carbocycles. The second-order valence-corrected chi connectivity index (χ2v) is 4.62. The predicted octanol–water partition coefficient (Wildman–Crippen LogP) is -0.770. The van der Waals surface area contributed by atoms with E-state index in [9.17, 15) is 9.59 Å². The molecular formula is C11H18N6O3. The van der Waals surface area contributed by atoms with E-state index in [-0.39, 0.29) is 18.5 Å². The Morgan fingerprint density at radius 1 is 1.40 bits per heavy atom. The van der Waals surface area contributed by atoms with Gasteiger partial charge in [0.2, 0.25) is 5.91 Å². The number of carbonyl (C=O) groups is 2. The normalized spacial score (nSPS) is 15.0. The quantitative estimate of drug-likeness (QED) is 0.786. The first-order chi connectivity index (χ1) is 9.56. The Hall–Kier alpha value is -2.16. The van der Waals surface area contributed by atoms with Crippen LogP contribution in [0.15, 0.2) is 6.20 Å². The summed E-state index contributed by atoms with van der Waals surface area (Å²) in [6, 6.07) is -0.295. The van der Waals surface area contributed by atoms with Gasteiger partial charge in [0, 0.05) is 27.2 Å². The maximum absolute atomic E-state index is 12.0. The van der Waals surface area contributed by atoms with Crippen LogP contribution in [0.2, 0.25) is 0 Å². The van der Waals surface area contributed by atoms with E-state index < -0.39 is 0 Å². The number of amides is 3. The number of hydrogen-bond donors (Lipinski definition) is 1. The van der Waals surface area contributed by atoms with Gasteiger partial charge in [0.05, 0.1) is 19.4 Å². The molecule has 0 spiro atoms. The van der Waals surface area contributed by atoms with Crippen molar-refractivity contribution in [2.24, 2.45) is 0 Å². The third-order valence-electron chi connectivity index (χ3n) is 2.84. The van der Waals surface area contributed by atoms with E-state index in [4.69, 9.17) is 4.74 Å². The largest absolute Gasteiger partial charge is 0.378 e. The topological polar surface area (TPSA) is 92.6 Å². The van der Waals surface area contributed by atoms with Crippen LogP contribution in [0.25, 0.3) is 0 Å². The molecule has 0 aliphatic carbocycles. The molecule has 9 nitrogen and oxygen atoms in total. The average molecular weight is 282 g/mol. The second-order valence-electron chi connectivity index (χ2n) is 4.62. The predicted molar refractivity (Wildman–Crippen MR) is 70.1 cm³/mol. The zero-order valence-corrected chi connectivity index (χ0v) is 11.6. The summed E-state index contributed by atoms with van der Waals surface area (Å²) in [5.74, 6) is 0.280. The van der Waals surface area contributed by atoms with Crippen LogP contribution in [-0.2, 0) is 16.1 Å². The Kier molecular flexibility index (Phi) is 4.51. The minimum atomic E-state index is -0.295. The van der Waals surface area contributed by atoms with E-state index in [1.54, 1.807) is 19.0 Å². The van der Waals surface area contributed by atoms with Gasteiger partial charge < -0.3 is 14.5 Å². The van der Waals surface area contributed by atoms with Crippen LogP contribution >= 0.6 is 0 Å². The zero-order chi connectivity index (χ0) is 14.5. The lowest BCUT2D eigenvalue weighted by molar-refractivity contribution is -0.136. The number of nitrogens with zero attached hydrogens (tertiary/aromatic N) is 5. The summed E-state index contributed by atoms with van der Waals surface area (Å²) < 4.78 is 6.60. The molecule has 2 heterocycles. The minimum Gasteiger partial charge on any atom is -0.378 e. The lowest BCUT2D eigenvalue weighted by Gasteiger charge is -2.26. The molecule has 0 unspecified atom stereocenters. The van der Waals surface area contributed by atoms with Crippen molar-refractivity contribution in [1.82, 2.24) is 24.8 Å². The Bertz CT molecular complexity index is 480. The highest BCUT2D eigenvalue weighted by Gasteiger charge is 2.18. The molecule has 1 saturated heterocycles. The molecule has 0 saturated carbocycles. The van der Waals surface area contributed by atoms with E-state index in [1.165, 1.54) is 15.8 Å². The molecule has 3 amide bonds. The molecule has 1 aromatic heterocycles. The summed E-state index contributed by atoms with van der Waals surface area (Å²) in [6.07, 6.45) is 1.53. The molecule has 2 rings (SSSR count). The van der Waals surface area contributed by atoms with Gasteiger partial charge in [-0.3, -0.25) is 10.1 Å². The van der Waals surface area contributed by atoms with Crippen molar-refractivity contribution in [3.63, 3.8) is 0 Å². The molecular weight excluding hydrogens is 264 g/mol. The van der Waals surface area contributed by atoms with Crippen LogP contribution in [0.3, 0.4) is 0 Å². The Morgan fingerprint density at radius 3 is 2.75 bits per heavy atom. The molecule has 9 heteroatoms. The standard InChI is InChI=1S/C11H18N6O3/c1-15(2)11(19)12-9-7-17(14-13-9)8-10(18)16-3-5-20-6-4-16/h7H,3-6,8H2,1-2H3,(H,12,19). The number of urea groups is 1. The number of hydrogen-bond acceptors (Lipinski definition) is 5. The summed E-state index contributed by atoms with van der Waals surface area (Å²) in [5, 5.41) is 10.2. The molecule has 1 fully saturated rings. The van der Waals surface area contributed by atoms with Gasteiger partial charge in [-0.1, -0.05) is 5.21 Å². The molecule has 1 aliphatic heterocycles. The van der Waals surface area contributed by atoms with Crippen molar-refractivity contribution < 1.29 is 14.3 Å². The maximum Gasteiger partial charge on any atom is 0.322 e. The number of rotatable bonds is 3. The van der Waals surface area contributed by atoms with E-state index in [2.05, 4.69) is 15.6 Å². The van der Waals surface area contributed by atoms with Crippen LogP contribution in [-0.4, -0.2) is 77.1 Å². The van der Waals surface area contributed by atoms with Crippen LogP contribution in [0.1, 0.15) is 0 Å². The SMILES string of the molecule is CN(C)C(=O)Nc1cn(CC(=O)N2CCOCC2)nn1. The molecule has 20 heavy (non-hydrogen) atoms. The summed E-state index contributed by atoms with van der Waals surface area (Å²) in [4.78, 5) is 26.5. The summed E-state index contributed by atoms with van der Waals surface area (Å²) in [6.45, 7) is 2.42. The molecule has 1 aromatic rings. The Morgan fingerprint density at radius 2 is 2.10 bits per heavy atom. The van der Waals surface area contributed by atoms with Gasteiger partial charge >= 0.3 is 6.03 Å². The zero-order valence-electron chi connectivity index (χ0n) is 11.6. The fourth-order valence-electron chi connectivity index (χ4n) is 1.71. The molecule has 0 bridgehead atoms.